The summed E-state index contributed by atoms with van der Waals surface area (Å²) < 4.78 is 22.2. The number of benzene rings is 4. The first kappa shape index (κ1) is 27.8. The van der Waals surface area contributed by atoms with Crippen LogP contribution >= 0.6 is 0 Å². The van der Waals surface area contributed by atoms with Gasteiger partial charge in [0.2, 0.25) is 5.41 Å². The van der Waals surface area contributed by atoms with Crippen LogP contribution in [0, 0.1) is 5.41 Å². The molecule has 0 aromatic heterocycles. The number of esters is 2. The molecule has 8 heteroatoms. The van der Waals surface area contributed by atoms with E-state index in [4.69, 9.17) is 18.9 Å². The highest BCUT2D eigenvalue weighted by Crippen LogP contribution is 2.43. The Balaban J connectivity index is 1.62. The summed E-state index contributed by atoms with van der Waals surface area (Å²) >= 11 is 0. The van der Waals surface area contributed by atoms with Crippen molar-refractivity contribution in [2.24, 2.45) is 5.41 Å². The lowest BCUT2D eigenvalue weighted by atomic mass is 9.67. The smallest absolute Gasteiger partial charge is 0.425 e. The number of rotatable bonds is 8. The molecule has 0 amide bonds. The quantitative estimate of drug-likeness (QED) is 0.0831. The lowest BCUT2D eigenvalue weighted by Crippen LogP contribution is -2.56. The molecule has 0 spiro atoms. The zero-order valence-electron chi connectivity index (χ0n) is 22.1. The van der Waals surface area contributed by atoms with E-state index in [1.165, 1.54) is 54.6 Å². The molecule has 0 heterocycles. The van der Waals surface area contributed by atoms with Crippen molar-refractivity contribution in [1.29, 1.82) is 0 Å². The van der Waals surface area contributed by atoms with Gasteiger partial charge in [-0.05, 0) is 42.5 Å². The topological polar surface area (TPSA) is 105 Å². The van der Waals surface area contributed by atoms with Gasteiger partial charge in [-0.15, -0.1) is 0 Å². The summed E-state index contributed by atoms with van der Waals surface area (Å²) in [6.07, 6.45) is 1.14. The fourth-order valence-electron chi connectivity index (χ4n) is 4.47. The number of allylic oxidation sites excluding steroid dienone is 2. The van der Waals surface area contributed by atoms with Gasteiger partial charge in [0.25, 0.3) is 0 Å². The van der Waals surface area contributed by atoms with E-state index in [0.717, 1.165) is 0 Å². The Morgan fingerprint density at radius 1 is 0.571 bits per heavy atom. The van der Waals surface area contributed by atoms with Gasteiger partial charge in [0.15, 0.2) is 11.9 Å². The fraction of sp³-hybridized carbons (Fsp3) is 0.0588. The molecule has 0 saturated carbocycles. The molecule has 0 aliphatic heterocycles. The van der Waals surface area contributed by atoms with Gasteiger partial charge >= 0.3 is 18.1 Å². The minimum absolute atomic E-state index is 0.0706. The Morgan fingerprint density at radius 2 is 1.05 bits per heavy atom. The lowest BCUT2D eigenvalue weighted by molar-refractivity contribution is -0.148. The average molecular weight is 561 g/mol. The first-order valence-electron chi connectivity index (χ1n) is 13.0. The van der Waals surface area contributed by atoms with Crippen LogP contribution in [0.25, 0.3) is 0 Å². The Bertz CT molecular complexity index is 1630. The summed E-state index contributed by atoms with van der Waals surface area (Å²) in [5.74, 6) is -2.55. The molecule has 0 radical (unpaired) electrons. The molecule has 4 aromatic rings. The highest BCUT2D eigenvalue weighted by atomic mass is 16.7. The van der Waals surface area contributed by atoms with E-state index >= 15 is 0 Å². The van der Waals surface area contributed by atoms with Crippen LogP contribution in [-0.4, -0.2) is 30.0 Å². The van der Waals surface area contributed by atoms with E-state index in [9.17, 15) is 19.2 Å². The molecule has 1 aliphatic rings. The molecular weight excluding hydrogens is 536 g/mol. The second-order valence-corrected chi connectivity index (χ2v) is 9.08. The molecule has 4 aromatic carbocycles. The van der Waals surface area contributed by atoms with Crippen LogP contribution in [0.3, 0.4) is 0 Å². The van der Waals surface area contributed by atoms with E-state index in [1.807, 2.05) is 0 Å². The van der Waals surface area contributed by atoms with Gasteiger partial charge < -0.3 is 18.9 Å². The van der Waals surface area contributed by atoms with Crippen LogP contribution in [0.4, 0.5) is 4.79 Å². The summed E-state index contributed by atoms with van der Waals surface area (Å²) in [5.41, 5.74) is -2.82. The average Bonchev–Trinajstić information content (AvgIpc) is 3.02. The second kappa shape index (κ2) is 12.6. The Kier molecular flexibility index (Phi) is 8.34. The van der Waals surface area contributed by atoms with E-state index in [-0.39, 0.29) is 28.4 Å². The van der Waals surface area contributed by atoms with Crippen molar-refractivity contribution >= 4 is 23.9 Å². The maximum atomic E-state index is 14.5. The van der Waals surface area contributed by atoms with Gasteiger partial charge in [-0.1, -0.05) is 97.1 Å². The minimum atomic E-state index is -2.51. The summed E-state index contributed by atoms with van der Waals surface area (Å²) in [5, 5.41) is 0. The van der Waals surface area contributed by atoms with Gasteiger partial charge in [0, 0.05) is 5.56 Å². The van der Waals surface area contributed by atoms with Gasteiger partial charge in [-0.2, -0.15) is 0 Å². The van der Waals surface area contributed by atoms with Crippen molar-refractivity contribution in [3.05, 3.63) is 151 Å². The molecule has 0 fully saturated rings. The number of carbonyl (C=O) groups is 4. The molecule has 5 rings (SSSR count). The van der Waals surface area contributed by atoms with E-state index in [1.54, 1.807) is 84.9 Å². The molecular formula is C34H24O8. The highest BCUT2D eigenvalue weighted by Gasteiger charge is 2.61. The maximum absolute atomic E-state index is 14.5. The Hall–Kier alpha value is -5.76. The highest BCUT2D eigenvalue weighted by molar-refractivity contribution is 6.21. The number of para-hydroxylation sites is 3. The van der Waals surface area contributed by atoms with Crippen LogP contribution in [0.1, 0.15) is 10.4 Å². The predicted octanol–water partition coefficient (Wildman–Crippen LogP) is 6.15. The zero-order valence-corrected chi connectivity index (χ0v) is 22.1. The third-order valence-electron chi connectivity index (χ3n) is 6.41. The molecule has 0 N–H and O–H groups in total. The summed E-state index contributed by atoms with van der Waals surface area (Å²) in [6, 6.07) is 32.2. The van der Waals surface area contributed by atoms with E-state index in [2.05, 4.69) is 0 Å². The maximum Gasteiger partial charge on any atom is 0.514 e. The van der Waals surface area contributed by atoms with Crippen LogP contribution < -0.4 is 14.2 Å². The molecule has 2 unspecified atom stereocenters. The standard InChI is InChI=1S/C34H24O8/c35-30(24-14-5-1-6-15-24)34(32(37)40-26-18-9-3-10-19-26)28(31(36)39-25-16-7-2-8-17-25)22-13-23-29(34)42-33(38)41-27-20-11-4-12-21-27/h1-23,29H. The monoisotopic (exact) mass is 560 g/mol. The molecule has 8 nitrogen and oxygen atoms in total. The van der Waals surface area contributed by atoms with Crippen molar-refractivity contribution in [3.8, 4) is 17.2 Å². The molecule has 0 bridgehead atoms. The molecule has 0 saturated heterocycles. The number of ketones is 1. The van der Waals surface area contributed by atoms with Gasteiger partial charge in [0.05, 0.1) is 5.57 Å². The van der Waals surface area contributed by atoms with Crippen molar-refractivity contribution in [2.75, 3.05) is 0 Å². The predicted molar refractivity (Wildman–Crippen MR) is 152 cm³/mol. The van der Waals surface area contributed by atoms with Crippen molar-refractivity contribution in [3.63, 3.8) is 0 Å². The van der Waals surface area contributed by atoms with Crippen molar-refractivity contribution < 1.29 is 38.1 Å². The first-order valence-corrected chi connectivity index (χ1v) is 13.0. The third-order valence-corrected chi connectivity index (χ3v) is 6.41. The van der Waals surface area contributed by atoms with E-state index < -0.39 is 35.4 Å². The summed E-state index contributed by atoms with van der Waals surface area (Å²) in [6.45, 7) is 0. The zero-order chi connectivity index (χ0) is 29.4. The minimum Gasteiger partial charge on any atom is -0.425 e. The van der Waals surface area contributed by atoms with Crippen LogP contribution in [0.5, 0.6) is 17.2 Å². The SMILES string of the molecule is O=C(Oc1ccccc1)OC1C=CC=C(C(=O)Oc2ccccc2)C1(C(=O)Oc1ccccc1)C(=O)c1ccccc1. The molecule has 208 valence electrons. The van der Waals surface area contributed by atoms with Crippen LogP contribution in [0.2, 0.25) is 0 Å². The first-order chi connectivity index (χ1) is 20.5. The number of hydrogen-bond acceptors (Lipinski definition) is 8. The lowest BCUT2D eigenvalue weighted by Gasteiger charge is -2.37. The van der Waals surface area contributed by atoms with Crippen molar-refractivity contribution in [1.82, 2.24) is 0 Å². The molecule has 42 heavy (non-hydrogen) atoms. The Morgan fingerprint density at radius 3 is 1.60 bits per heavy atom. The van der Waals surface area contributed by atoms with Crippen molar-refractivity contribution in [2.45, 2.75) is 6.10 Å². The largest absolute Gasteiger partial charge is 0.514 e. The van der Waals surface area contributed by atoms with Gasteiger partial charge in [0.1, 0.15) is 17.2 Å². The van der Waals surface area contributed by atoms with Gasteiger partial charge in [-0.3, -0.25) is 4.79 Å². The number of Topliss-reactive ketones (excluding diaryl/α,β-unsaturated/α-hetero) is 1. The van der Waals surface area contributed by atoms with Gasteiger partial charge in [-0.25, -0.2) is 14.4 Å². The number of ether oxygens (including phenoxy) is 4. The van der Waals surface area contributed by atoms with E-state index in [0.29, 0.717) is 0 Å². The number of carbonyl (C=O) groups excluding carboxylic acids is 4. The number of hydrogen-bond donors (Lipinski definition) is 0. The van der Waals surface area contributed by atoms with Crippen LogP contribution in [0.15, 0.2) is 145 Å². The molecule has 1 aliphatic carbocycles. The summed E-state index contributed by atoms with van der Waals surface area (Å²) in [7, 11) is 0. The molecule has 2 atom stereocenters. The second-order valence-electron chi connectivity index (χ2n) is 9.08. The normalized spacial score (nSPS) is 17.3. The third kappa shape index (κ3) is 5.88. The Labute approximate surface area is 241 Å². The summed E-state index contributed by atoms with van der Waals surface area (Å²) in [4.78, 5) is 55.5. The van der Waals surface area contributed by atoms with Crippen LogP contribution in [-0.2, 0) is 14.3 Å². The fourth-order valence-corrected chi connectivity index (χ4v) is 4.47.